The second-order valence-electron chi connectivity index (χ2n) is 3.83. The highest BCUT2D eigenvalue weighted by atomic mass is 32.1. The fourth-order valence-electron chi connectivity index (χ4n) is 1.46. The van der Waals surface area contributed by atoms with E-state index in [0.717, 1.165) is 13.2 Å². The summed E-state index contributed by atoms with van der Waals surface area (Å²) >= 11 is 1.78. The first-order chi connectivity index (χ1) is 7.74. The minimum absolute atomic E-state index is 0.170. The van der Waals surface area contributed by atoms with Crippen LogP contribution in [0.5, 0.6) is 0 Å². The molecule has 0 spiro atoms. The van der Waals surface area contributed by atoms with Crippen LogP contribution >= 0.6 is 11.3 Å². The van der Waals surface area contributed by atoms with Crippen molar-refractivity contribution in [2.45, 2.75) is 26.0 Å². The summed E-state index contributed by atoms with van der Waals surface area (Å²) in [6.07, 6.45) is 0.170. The van der Waals surface area contributed by atoms with E-state index in [1.807, 2.05) is 6.92 Å². The molecule has 1 aromatic rings. The Morgan fingerprint density at radius 2 is 2.25 bits per heavy atom. The van der Waals surface area contributed by atoms with Gasteiger partial charge in [0.2, 0.25) is 0 Å². The molecule has 0 fully saturated rings. The van der Waals surface area contributed by atoms with Crippen LogP contribution in [0.1, 0.15) is 24.8 Å². The van der Waals surface area contributed by atoms with E-state index in [0.29, 0.717) is 12.6 Å². The van der Waals surface area contributed by atoms with Crippen molar-refractivity contribution in [2.75, 3.05) is 26.9 Å². The van der Waals surface area contributed by atoms with Gasteiger partial charge < -0.3 is 14.8 Å². The van der Waals surface area contributed by atoms with Crippen LogP contribution in [0.2, 0.25) is 0 Å². The van der Waals surface area contributed by atoms with E-state index in [4.69, 9.17) is 9.47 Å². The highest BCUT2D eigenvalue weighted by Crippen LogP contribution is 2.17. The normalized spacial score (nSPS) is 14.9. The van der Waals surface area contributed by atoms with Gasteiger partial charge in [-0.25, -0.2) is 0 Å². The zero-order valence-electron chi connectivity index (χ0n) is 10.2. The summed E-state index contributed by atoms with van der Waals surface area (Å²) in [5.41, 5.74) is 0. The predicted octanol–water partition coefficient (Wildman–Crippen LogP) is 2.45. The highest BCUT2D eigenvalue weighted by molar-refractivity contribution is 7.10. The van der Waals surface area contributed by atoms with Crippen molar-refractivity contribution >= 4 is 11.3 Å². The van der Waals surface area contributed by atoms with Gasteiger partial charge in [0, 0.05) is 24.6 Å². The maximum absolute atomic E-state index is 5.57. The van der Waals surface area contributed by atoms with Gasteiger partial charge >= 0.3 is 0 Å². The van der Waals surface area contributed by atoms with Crippen LogP contribution in [-0.4, -0.2) is 33.0 Å². The Morgan fingerprint density at radius 3 is 2.88 bits per heavy atom. The van der Waals surface area contributed by atoms with Crippen molar-refractivity contribution < 1.29 is 9.47 Å². The fraction of sp³-hybridized carbons (Fsp3) is 0.667. The van der Waals surface area contributed by atoms with Crippen LogP contribution in [0.25, 0.3) is 0 Å². The molecular weight excluding hydrogens is 222 g/mol. The number of methoxy groups -OCH3 is 1. The summed E-state index contributed by atoms with van der Waals surface area (Å²) in [7, 11) is 1.69. The minimum Gasteiger partial charge on any atom is -0.382 e. The minimum atomic E-state index is 0.170. The van der Waals surface area contributed by atoms with E-state index in [1.54, 1.807) is 18.4 Å². The molecule has 0 saturated heterocycles. The summed E-state index contributed by atoms with van der Waals surface area (Å²) in [6.45, 7) is 6.43. The standard InChI is InChI=1S/C12H21NO2S/c1-10(9-14-3)15-7-6-13-11(2)12-5-4-8-16-12/h4-5,8,10-11,13H,6-7,9H2,1-3H3. The molecule has 3 nitrogen and oxygen atoms in total. The van der Waals surface area contributed by atoms with Gasteiger partial charge in [0.15, 0.2) is 0 Å². The van der Waals surface area contributed by atoms with Crippen LogP contribution < -0.4 is 5.32 Å². The van der Waals surface area contributed by atoms with E-state index in [2.05, 4.69) is 29.8 Å². The number of hydrogen-bond acceptors (Lipinski definition) is 4. The smallest absolute Gasteiger partial charge is 0.0780 e. The van der Waals surface area contributed by atoms with Gasteiger partial charge in [0.1, 0.15) is 0 Å². The lowest BCUT2D eigenvalue weighted by Gasteiger charge is -2.15. The van der Waals surface area contributed by atoms with Gasteiger partial charge in [-0.05, 0) is 25.3 Å². The predicted molar refractivity (Wildman–Crippen MR) is 68.0 cm³/mol. The van der Waals surface area contributed by atoms with E-state index < -0.39 is 0 Å². The van der Waals surface area contributed by atoms with E-state index >= 15 is 0 Å². The Morgan fingerprint density at radius 1 is 1.44 bits per heavy atom. The molecule has 2 unspecified atom stereocenters. The monoisotopic (exact) mass is 243 g/mol. The molecule has 0 saturated carbocycles. The van der Waals surface area contributed by atoms with Gasteiger partial charge in [0.25, 0.3) is 0 Å². The van der Waals surface area contributed by atoms with Crippen molar-refractivity contribution in [3.63, 3.8) is 0 Å². The van der Waals surface area contributed by atoms with Gasteiger partial charge in [0.05, 0.1) is 19.3 Å². The number of ether oxygens (including phenoxy) is 2. The molecule has 1 N–H and O–H groups in total. The molecule has 0 amide bonds. The Bertz CT molecular complexity index is 264. The van der Waals surface area contributed by atoms with E-state index in [1.165, 1.54) is 4.88 Å². The second kappa shape index (κ2) is 7.79. The molecule has 2 atom stereocenters. The third-order valence-corrected chi connectivity index (χ3v) is 3.38. The molecule has 0 aliphatic rings. The van der Waals surface area contributed by atoms with Crippen LogP contribution in [0.3, 0.4) is 0 Å². The van der Waals surface area contributed by atoms with Gasteiger partial charge in [-0.3, -0.25) is 0 Å². The highest BCUT2D eigenvalue weighted by Gasteiger charge is 2.05. The number of rotatable bonds is 8. The van der Waals surface area contributed by atoms with Gasteiger partial charge in [-0.2, -0.15) is 0 Å². The molecule has 1 rings (SSSR count). The first kappa shape index (κ1) is 13.6. The molecular formula is C12H21NO2S. The zero-order chi connectivity index (χ0) is 11.8. The molecule has 0 bridgehead atoms. The average molecular weight is 243 g/mol. The molecule has 0 aliphatic heterocycles. The molecule has 4 heteroatoms. The first-order valence-electron chi connectivity index (χ1n) is 5.61. The van der Waals surface area contributed by atoms with E-state index in [-0.39, 0.29) is 6.10 Å². The Balaban J connectivity index is 2.07. The average Bonchev–Trinajstić information content (AvgIpc) is 2.78. The Kier molecular flexibility index (Phi) is 6.64. The first-order valence-corrected chi connectivity index (χ1v) is 6.49. The quantitative estimate of drug-likeness (QED) is 0.711. The fourth-order valence-corrected chi connectivity index (χ4v) is 2.22. The second-order valence-corrected chi connectivity index (χ2v) is 4.81. The molecule has 0 radical (unpaired) electrons. The Hall–Kier alpha value is -0.420. The topological polar surface area (TPSA) is 30.5 Å². The van der Waals surface area contributed by atoms with Gasteiger partial charge in [-0.1, -0.05) is 6.07 Å². The lowest BCUT2D eigenvalue weighted by molar-refractivity contribution is 0.0102. The molecule has 1 aromatic heterocycles. The zero-order valence-corrected chi connectivity index (χ0v) is 11.0. The lowest BCUT2D eigenvalue weighted by atomic mass is 10.3. The maximum Gasteiger partial charge on any atom is 0.0780 e. The lowest BCUT2D eigenvalue weighted by Crippen LogP contribution is -2.25. The number of hydrogen-bond donors (Lipinski definition) is 1. The largest absolute Gasteiger partial charge is 0.382 e. The van der Waals surface area contributed by atoms with Crippen molar-refractivity contribution in [3.05, 3.63) is 22.4 Å². The van der Waals surface area contributed by atoms with Crippen molar-refractivity contribution in [1.82, 2.24) is 5.32 Å². The van der Waals surface area contributed by atoms with Crippen LogP contribution in [0, 0.1) is 0 Å². The maximum atomic E-state index is 5.57. The summed E-state index contributed by atoms with van der Waals surface area (Å²) < 4.78 is 10.6. The summed E-state index contributed by atoms with van der Waals surface area (Å²) in [5, 5.41) is 5.53. The summed E-state index contributed by atoms with van der Waals surface area (Å²) in [4.78, 5) is 1.37. The Labute approximate surface area is 102 Å². The number of thiophene rings is 1. The van der Waals surface area contributed by atoms with Gasteiger partial charge in [-0.15, -0.1) is 11.3 Å². The molecule has 1 heterocycles. The van der Waals surface area contributed by atoms with Crippen LogP contribution in [-0.2, 0) is 9.47 Å². The third kappa shape index (κ3) is 5.07. The SMILES string of the molecule is COCC(C)OCCNC(C)c1cccs1. The van der Waals surface area contributed by atoms with Crippen LogP contribution in [0.4, 0.5) is 0 Å². The molecule has 0 aromatic carbocycles. The molecule has 0 aliphatic carbocycles. The number of nitrogens with one attached hydrogen (secondary N) is 1. The molecule has 16 heavy (non-hydrogen) atoms. The van der Waals surface area contributed by atoms with Crippen LogP contribution in [0.15, 0.2) is 17.5 Å². The van der Waals surface area contributed by atoms with Crippen molar-refractivity contribution in [3.8, 4) is 0 Å². The molecule has 92 valence electrons. The summed E-state index contributed by atoms with van der Waals surface area (Å²) in [6, 6.07) is 4.63. The summed E-state index contributed by atoms with van der Waals surface area (Å²) in [5.74, 6) is 0. The van der Waals surface area contributed by atoms with E-state index in [9.17, 15) is 0 Å². The van der Waals surface area contributed by atoms with Crippen molar-refractivity contribution in [2.24, 2.45) is 0 Å². The van der Waals surface area contributed by atoms with Crippen molar-refractivity contribution in [1.29, 1.82) is 0 Å². The third-order valence-electron chi connectivity index (χ3n) is 2.33.